The van der Waals surface area contributed by atoms with Gasteiger partial charge in [0.25, 0.3) is 11.5 Å². The Hall–Kier alpha value is -4.92. The third-order valence-corrected chi connectivity index (χ3v) is 9.25. The molecule has 24 nitrogen and oxygen atoms in total. The highest BCUT2D eigenvalue weighted by molar-refractivity contribution is 5.77. The largest absolute Gasteiger partial charge is 0.477 e. The molecule has 2 aliphatic heterocycles. The molecule has 0 radical (unpaired) electrons. The number of hydrogen-bond acceptors (Lipinski definition) is 19. The molecule has 0 aliphatic carbocycles. The predicted molar refractivity (Wildman–Crippen MR) is 197 cm³/mol. The molecule has 336 valence electrons. The number of amides is 3. The van der Waals surface area contributed by atoms with E-state index in [1.807, 2.05) is 0 Å². The minimum atomic E-state index is -2.81. The van der Waals surface area contributed by atoms with Crippen molar-refractivity contribution in [1.82, 2.24) is 16.0 Å². The van der Waals surface area contributed by atoms with E-state index in [0.29, 0.717) is 12.8 Å². The molecular weight excluding hydrogens is 808 g/mol. The number of nitro benzene ring substituents is 1. The van der Waals surface area contributed by atoms with Crippen LogP contribution in [0.4, 0.5) is 5.69 Å². The number of ether oxygens (including phenoxy) is 6. The molecule has 3 rings (SSSR count). The van der Waals surface area contributed by atoms with Crippen LogP contribution in [-0.4, -0.2) is 164 Å². The van der Waals surface area contributed by atoms with Crippen molar-refractivity contribution in [2.75, 3.05) is 26.4 Å². The lowest BCUT2D eigenvalue weighted by Crippen LogP contribution is -2.69. The van der Waals surface area contributed by atoms with Crippen LogP contribution in [0.2, 0.25) is 0 Å². The number of carbonyl (C=O) groups is 6. The minimum absolute atomic E-state index is 0.000321. The number of unbranched alkanes of at least 4 members (excludes halogenated alkanes) is 1. The molecule has 2 aliphatic rings. The molecule has 9 N–H and O–H groups in total. The highest BCUT2D eigenvalue weighted by Crippen LogP contribution is 2.35. The third-order valence-electron chi connectivity index (χ3n) is 9.25. The van der Waals surface area contributed by atoms with Crippen molar-refractivity contribution in [1.29, 1.82) is 0 Å². The van der Waals surface area contributed by atoms with E-state index in [2.05, 4.69) is 16.0 Å². The Morgan fingerprint density at radius 2 is 1.57 bits per heavy atom. The highest BCUT2D eigenvalue weighted by atomic mass is 16.7. The summed E-state index contributed by atoms with van der Waals surface area (Å²) in [5.41, 5.74) is -0.155. The van der Waals surface area contributed by atoms with E-state index in [4.69, 9.17) is 28.4 Å². The van der Waals surface area contributed by atoms with Crippen molar-refractivity contribution in [3.63, 3.8) is 0 Å². The van der Waals surface area contributed by atoms with E-state index >= 15 is 0 Å². The maximum absolute atomic E-state index is 12.6. The van der Waals surface area contributed by atoms with Gasteiger partial charge in [0.05, 0.1) is 30.3 Å². The fourth-order valence-corrected chi connectivity index (χ4v) is 6.25. The maximum atomic E-state index is 12.6. The van der Waals surface area contributed by atoms with Gasteiger partial charge in [-0.05, 0) is 31.4 Å². The van der Waals surface area contributed by atoms with Gasteiger partial charge in [-0.2, -0.15) is 0 Å². The summed E-state index contributed by atoms with van der Waals surface area (Å²) in [6, 6.07) is 2.16. The molecular formula is C36H52N4O20. The van der Waals surface area contributed by atoms with Gasteiger partial charge in [0.15, 0.2) is 6.29 Å². The average molecular weight is 861 g/mol. The standard InChI is InChI=1S/C36H52N4O20/c1-18(41)38-28-23(44)15-36(35(51)52,60-33(28)30(48)24(45)16-56-20(3)43)57-17-25-31(49)32(50)29(39-19(2)42)34(59-25)55-14-6-13-37-26(46)7-4-5-8-27(47)58-22-11-9-21(10-12-22)40(53)54/h9-12,23-25,28-34,44-45,48-50H,4-8,13-17H2,1-3H3,(H,37,46)(H,38,41)(H,39,42)(H,51,52)/t23-,24+,25+,28+,29+,30+,31-,32+,33+,34-,36+/m0/s1. The van der Waals surface area contributed by atoms with E-state index in [-0.39, 0.29) is 49.8 Å². The molecule has 2 fully saturated rings. The average Bonchev–Trinajstić information content (AvgIpc) is 3.17. The Balaban J connectivity index is 1.56. The second-order valence-corrected chi connectivity index (χ2v) is 14.1. The number of nitrogens with zero attached hydrogens (tertiary/aromatic N) is 1. The summed E-state index contributed by atoms with van der Waals surface area (Å²) in [4.78, 5) is 82.3. The zero-order chi connectivity index (χ0) is 44.7. The van der Waals surface area contributed by atoms with Crippen LogP contribution in [0.25, 0.3) is 0 Å². The Morgan fingerprint density at radius 3 is 2.17 bits per heavy atom. The van der Waals surface area contributed by atoms with Gasteiger partial charge in [-0.3, -0.25) is 34.1 Å². The van der Waals surface area contributed by atoms with E-state index in [1.165, 1.54) is 24.3 Å². The first kappa shape index (κ1) is 49.4. The summed E-state index contributed by atoms with van der Waals surface area (Å²) in [6.07, 6.45) is -14.1. The Bertz CT molecular complexity index is 1650. The second kappa shape index (κ2) is 23.2. The first-order valence-electron chi connectivity index (χ1n) is 18.9. The van der Waals surface area contributed by atoms with Crippen LogP contribution in [0.1, 0.15) is 59.3 Å². The lowest BCUT2D eigenvalue weighted by atomic mass is 9.88. The molecule has 24 heteroatoms. The number of carbonyl (C=O) groups excluding carboxylic acids is 5. The number of aliphatic carboxylic acids is 1. The van der Waals surface area contributed by atoms with Crippen molar-refractivity contribution in [2.45, 2.75) is 126 Å². The number of aliphatic hydroxyl groups is 5. The fourth-order valence-electron chi connectivity index (χ4n) is 6.25. The van der Waals surface area contributed by atoms with Crippen molar-refractivity contribution in [3.05, 3.63) is 34.4 Å². The number of hydrogen-bond donors (Lipinski definition) is 9. The smallest absolute Gasteiger partial charge is 0.364 e. The molecule has 2 saturated heterocycles. The molecule has 0 unspecified atom stereocenters. The molecule has 1 aromatic carbocycles. The zero-order valence-electron chi connectivity index (χ0n) is 33.0. The monoisotopic (exact) mass is 860 g/mol. The first-order valence-corrected chi connectivity index (χ1v) is 18.9. The number of benzene rings is 1. The van der Waals surface area contributed by atoms with Gasteiger partial charge in [-0.15, -0.1) is 0 Å². The summed E-state index contributed by atoms with van der Waals surface area (Å²) in [6.45, 7) is 1.59. The molecule has 0 bridgehead atoms. The Labute approximate surface area is 342 Å². The van der Waals surface area contributed by atoms with Gasteiger partial charge < -0.3 is 75.0 Å². The molecule has 11 atom stereocenters. The molecule has 3 amide bonds. The van der Waals surface area contributed by atoms with Crippen LogP contribution < -0.4 is 20.7 Å². The van der Waals surface area contributed by atoms with Crippen molar-refractivity contribution < 1.29 is 92.8 Å². The number of aliphatic hydroxyl groups excluding tert-OH is 5. The molecule has 0 spiro atoms. The van der Waals surface area contributed by atoms with Gasteiger partial charge >= 0.3 is 17.9 Å². The number of nitro groups is 1. The lowest BCUT2D eigenvalue weighted by Gasteiger charge is -2.47. The second-order valence-electron chi connectivity index (χ2n) is 14.1. The molecule has 2 heterocycles. The summed E-state index contributed by atoms with van der Waals surface area (Å²) in [7, 11) is 0. The van der Waals surface area contributed by atoms with Gasteiger partial charge in [-0.25, -0.2) is 4.79 Å². The van der Waals surface area contributed by atoms with E-state index < -0.39 is 121 Å². The van der Waals surface area contributed by atoms with Gasteiger partial charge in [0, 0.05) is 58.7 Å². The van der Waals surface area contributed by atoms with Crippen LogP contribution in [0.15, 0.2) is 24.3 Å². The van der Waals surface area contributed by atoms with Crippen LogP contribution in [0.3, 0.4) is 0 Å². The van der Waals surface area contributed by atoms with Crippen molar-refractivity contribution in [3.8, 4) is 5.75 Å². The SMILES string of the molecule is CC(=O)N[C@H]1[C@@H](OCCCNC(=O)CCCCC(=O)Oc2ccc([N+](=O)[O-])cc2)O[C@H](CO[C@]2(C(=O)O)C[C@H](O)[C@@H](NC(C)=O)[C@H]([C@H](O)[C@H](O)COC(C)=O)O2)[C@H](O)[C@@H]1O. The zero-order valence-corrected chi connectivity index (χ0v) is 33.0. The Kier molecular flexibility index (Phi) is 19.1. The lowest BCUT2D eigenvalue weighted by molar-refractivity contribution is -0.384. The van der Waals surface area contributed by atoms with Gasteiger partial charge in [0.1, 0.15) is 55.0 Å². The van der Waals surface area contributed by atoms with E-state index in [0.717, 1.165) is 20.8 Å². The predicted octanol–water partition coefficient (Wildman–Crippen LogP) is -2.73. The number of rotatable bonds is 22. The first-order chi connectivity index (χ1) is 28.2. The number of carboxylic acid groups (broad SMARTS) is 1. The number of non-ortho nitro benzene ring substituents is 1. The summed E-state index contributed by atoms with van der Waals surface area (Å²) in [5.74, 6) is -7.58. The highest BCUT2D eigenvalue weighted by Gasteiger charge is 2.57. The van der Waals surface area contributed by atoms with Crippen LogP contribution >= 0.6 is 0 Å². The summed E-state index contributed by atoms with van der Waals surface area (Å²) in [5, 5.41) is 82.6. The topological polar surface area (TPSA) is 358 Å². The summed E-state index contributed by atoms with van der Waals surface area (Å²) < 4.78 is 32.6. The van der Waals surface area contributed by atoms with E-state index in [1.54, 1.807) is 0 Å². The molecule has 0 saturated carbocycles. The minimum Gasteiger partial charge on any atom is -0.477 e. The molecule has 1 aromatic rings. The maximum Gasteiger partial charge on any atom is 0.364 e. The third kappa shape index (κ3) is 14.7. The Morgan fingerprint density at radius 1 is 0.933 bits per heavy atom. The van der Waals surface area contributed by atoms with Gasteiger partial charge in [-0.1, -0.05) is 0 Å². The van der Waals surface area contributed by atoms with Gasteiger partial charge in [0.2, 0.25) is 17.7 Å². The quantitative estimate of drug-likeness (QED) is 0.0188. The molecule has 0 aromatic heterocycles. The van der Waals surface area contributed by atoms with Crippen molar-refractivity contribution >= 4 is 41.3 Å². The van der Waals surface area contributed by atoms with Crippen LogP contribution in [0, 0.1) is 10.1 Å². The van der Waals surface area contributed by atoms with Crippen molar-refractivity contribution in [2.24, 2.45) is 0 Å². The number of carboxylic acids is 1. The van der Waals surface area contributed by atoms with Crippen LogP contribution in [0.5, 0.6) is 5.75 Å². The normalized spacial score (nSPS) is 27.4. The van der Waals surface area contributed by atoms with Crippen LogP contribution in [-0.2, 0) is 52.5 Å². The van der Waals surface area contributed by atoms with E-state index in [9.17, 15) is 69.5 Å². The summed E-state index contributed by atoms with van der Waals surface area (Å²) >= 11 is 0. The number of esters is 2. The number of nitrogens with one attached hydrogen (secondary N) is 3. The molecule has 60 heavy (non-hydrogen) atoms. The fraction of sp³-hybridized carbons (Fsp3) is 0.667.